The van der Waals surface area contributed by atoms with Crippen molar-refractivity contribution < 1.29 is 74.1 Å². The van der Waals surface area contributed by atoms with Crippen molar-refractivity contribution in [1.29, 1.82) is 0 Å². The third kappa shape index (κ3) is 80.9. The fourth-order valence-corrected chi connectivity index (χ4v) is 0. The molecule has 0 aromatic heterocycles. The molecule has 0 amide bonds. The first-order valence-electron chi connectivity index (χ1n) is 0.612. The Labute approximate surface area is 96.2 Å². The Morgan fingerprint density at radius 1 is 1.14 bits per heavy atom. The SMILES string of the molecule is O=C([O-])[O-].[AlH3].[Na+].[Na+]. The summed E-state index contributed by atoms with van der Waals surface area (Å²) in [4.78, 5) is 8.33. The molecule has 7 heavy (non-hydrogen) atoms. The van der Waals surface area contributed by atoms with Crippen molar-refractivity contribution in [3.63, 3.8) is 0 Å². The Hall–Kier alpha value is 1.80. The molecule has 0 aromatic carbocycles. The second kappa shape index (κ2) is 15.7. The quantitative estimate of drug-likeness (QED) is 0.310. The maximum absolute atomic E-state index is 8.33. The Morgan fingerprint density at radius 2 is 1.14 bits per heavy atom. The van der Waals surface area contributed by atoms with Crippen LogP contribution in [0.25, 0.3) is 0 Å². The van der Waals surface area contributed by atoms with Gasteiger partial charge in [0.25, 0.3) is 0 Å². The van der Waals surface area contributed by atoms with E-state index in [0.717, 1.165) is 0 Å². The fraction of sp³-hybridized carbons (Fsp3) is 0. The van der Waals surface area contributed by atoms with E-state index in [1.165, 1.54) is 0 Å². The van der Waals surface area contributed by atoms with E-state index in [4.69, 9.17) is 15.0 Å². The van der Waals surface area contributed by atoms with Crippen LogP contribution in [-0.2, 0) is 0 Å². The maximum atomic E-state index is 8.33. The number of hydrogen-bond donors (Lipinski definition) is 0. The molecule has 0 saturated carbocycles. The molecular formula is CH3AlNa2O3. The Morgan fingerprint density at radius 3 is 1.14 bits per heavy atom. The summed E-state index contributed by atoms with van der Waals surface area (Å²) in [6.45, 7) is 0. The Kier molecular flexibility index (Phi) is 52.0. The largest absolute Gasteiger partial charge is 1.00 e. The average molecular weight is 136 g/mol. The van der Waals surface area contributed by atoms with Crippen molar-refractivity contribution in [2.45, 2.75) is 0 Å². The average Bonchev–Trinajstić information content (AvgIpc) is 0.811. The van der Waals surface area contributed by atoms with Crippen molar-refractivity contribution in [2.24, 2.45) is 0 Å². The van der Waals surface area contributed by atoms with Gasteiger partial charge in [0.05, 0.1) is 0 Å². The third-order valence-electron chi connectivity index (χ3n) is 0. The molecule has 0 atom stereocenters. The van der Waals surface area contributed by atoms with Crippen LogP contribution in [0.5, 0.6) is 0 Å². The molecule has 0 fully saturated rings. The molecule has 0 saturated heterocycles. The van der Waals surface area contributed by atoms with Gasteiger partial charge in [-0.15, -0.1) is 0 Å². The van der Waals surface area contributed by atoms with Gasteiger partial charge < -0.3 is 15.0 Å². The van der Waals surface area contributed by atoms with Crippen molar-refractivity contribution in [2.75, 3.05) is 0 Å². The van der Waals surface area contributed by atoms with Crippen molar-refractivity contribution in [3.05, 3.63) is 0 Å². The predicted octanol–water partition coefficient (Wildman–Crippen LogP) is -9.62. The van der Waals surface area contributed by atoms with Gasteiger partial charge >= 0.3 is 59.1 Å². The van der Waals surface area contributed by atoms with E-state index in [0.29, 0.717) is 0 Å². The number of rotatable bonds is 0. The fourth-order valence-electron chi connectivity index (χ4n) is 0. The van der Waals surface area contributed by atoms with Crippen LogP contribution >= 0.6 is 0 Å². The summed E-state index contributed by atoms with van der Waals surface area (Å²) < 4.78 is 0. The number of carboxylic acid groups (broad SMARTS) is 2. The minimum Gasteiger partial charge on any atom is -0.652 e. The molecule has 0 aromatic rings. The van der Waals surface area contributed by atoms with Gasteiger partial charge in [0.1, 0.15) is 0 Å². The standard InChI is InChI=1S/CH2O3.Al.2Na.3H/c2-1(3)4;;;;;;/h(H2,2,3,4);;;;;;/q;;2*+1;;;/p-2. The van der Waals surface area contributed by atoms with Gasteiger partial charge in [-0.2, -0.15) is 0 Å². The molecule has 0 rings (SSSR count). The van der Waals surface area contributed by atoms with E-state index < -0.39 is 6.16 Å². The van der Waals surface area contributed by atoms with Crippen LogP contribution in [0.15, 0.2) is 0 Å². The summed E-state index contributed by atoms with van der Waals surface area (Å²) in [5.74, 6) is 0. The van der Waals surface area contributed by atoms with Gasteiger partial charge in [-0.25, -0.2) is 0 Å². The summed E-state index contributed by atoms with van der Waals surface area (Å²) in [5.41, 5.74) is 0. The molecule has 0 spiro atoms. The zero-order valence-electron chi connectivity index (χ0n) is 3.72. The molecule has 0 aliphatic rings. The normalized spacial score (nSPS) is 3.43. The van der Waals surface area contributed by atoms with Crippen molar-refractivity contribution in [3.8, 4) is 0 Å². The van der Waals surface area contributed by atoms with Crippen molar-refractivity contribution >= 4 is 23.5 Å². The van der Waals surface area contributed by atoms with Gasteiger partial charge in [-0.3, -0.25) is 0 Å². The molecule has 0 aliphatic heterocycles. The van der Waals surface area contributed by atoms with E-state index in [1.54, 1.807) is 0 Å². The second-order valence-corrected chi connectivity index (χ2v) is 0.250. The van der Waals surface area contributed by atoms with Crippen LogP contribution in [0.3, 0.4) is 0 Å². The molecule has 30 valence electrons. The molecule has 0 N–H and O–H groups in total. The molecule has 0 unspecified atom stereocenters. The maximum Gasteiger partial charge on any atom is 1.00 e. The summed E-state index contributed by atoms with van der Waals surface area (Å²) >= 11 is 0. The number of hydrogen-bond acceptors (Lipinski definition) is 3. The first-order valence-corrected chi connectivity index (χ1v) is 0.612. The van der Waals surface area contributed by atoms with E-state index in [-0.39, 0.29) is 76.5 Å². The molecule has 0 aliphatic carbocycles. The van der Waals surface area contributed by atoms with Crippen LogP contribution in [0.2, 0.25) is 0 Å². The van der Waals surface area contributed by atoms with Gasteiger partial charge in [0.2, 0.25) is 0 Å². The van der Waals surface area contributed by atoms with Crippen LogP contribution in [-0.4, -0.2) is 23.5 Å². The molecular weight excluding hydrogens is 133 g/mol. The van der Waals surface area contributed by atoms with E-state index >= 15 is 0 Å². The van der Waals surface area contributed by atoms with E-state index in [2.05, 4.69) is 0 Å². The number of carbonyl (C=O) groups excluding carboxylic acids is 1. The monoisotopic (exact) mass is 136 g/mol. The minimum atomic E-state index is -2.33. The molecule has 0 bridgehead atoms. The zero-order chi connectivity index (χ0) is 3.58. The van der Waals surface area contributed by atoms with Gasteiger partial charge in [-0.05, 0) is 6.16 Å². The predicted molar refractivity (Wildman–Crippen MR) is 15.3 cm³/mol. The smallest absolute Gasteiger partial charge is 0.652 e. The molecule has 6 heteroatoms. The summed E-state index contributed by atoms with van der Waals surface area (Å²) in [6, 6.07) is 0. The molecule has 0 heterocycles. The molecule has 0 radical (unpaired) electrons. The topological polar surface area (TPSA) is 63.2 Å². The summed E-state index contributed by atoms with van der Waals surface area (Å²) in [5, 5.41) is 16.7. The summed E-state index contributed by atoms with van der Waals surface area (Å²) in [6.07, 6.45) is -2.33. The summed E-state index contributed by atoms with van der Waals surface area (Å²) in [7, 11) is 0. The van der Waals surface area contributed by atoms with Crippen LogP contribution in [0, 0.1) is 0 Å². The van der Waals surface area contributed by atoms with Crippen molar-refractivity contribution in [1.82, 2.24) is 0 Å². The third-order valence-corrected chi connectivity index (χ3v) is 0. The van der Waals surface area contributed by atoms with E-state index in [1.807, 2.05) is 0 Å². The van der Waals surface area contributed by atoms with Gasteiger partial charge in [-0.1, -0.05) is 0 Å². The zero-order valence-corrected chi connectivity index (χ0v) is 7.72. The molecule has 3 nitrogen and oxygen atoms in total. The second-order valence-electron chi connectivity index (χ2n) is 0.250. The van der Waals surface area contributed by atoms with Gasteiger partial charge in [0, 0.05) is 0 Å². The van der Waals surface area contributed by atoms with Gasteiger partial charge in [0.15, 0.2) is 17.4 Å². The number of carbonyl (C=O) groups is 1. The first kappa shape index (κ1) is 23.2. The Balaban J connectivity index is -0.0000000150. The minimum absolute atomic E-state index is 0. The van der Waals surface area contributed by atoms with E-state index in [9.17, 15) is 0 Å². The van der Waals surface area contributed by atoms with Crippen LogP contribution in [0.1, 0.15) is 0 Å². The van der Waals surface area contributed by atoms with Crippen LogP contribution < -0.4 is 69.3 Å². The van der Waals surface area contributed by atoms with Crippen LogP contribution in [0.4, 0.5) is 4.79 Å². The Bertz CT molecular complexity index is 35.9. The first-order chi connectivity index (χ1) is 1.73.